The van der Waals surface area contributed by atoms with Crippen LogP contribution in [-0.2, 0) is 21.2 Å². The van der Waals surface area contributed by atoms with Gasteiger partial charge in [0.2, 0.25) is 5.91 Å². The summed E-state index contributed by atoms with van der Waals surface area (Å²) in [6.07, 6.45) is 0.226. The summed E-state index contributed by atoms with van der Waals surface area (Å²) in [7, 11) is -0.341. The van der Waals surface area contributed by atoms with Crippen LogP contribution in [0.25, 0.3) is 10.2 Å². The van der Waals surface area contributed by atoms with Gasteiger partial charge in [-0.15, -0.1) is 0 Å². The number of aromatic nitrogens is 1. The molecule has 0 aliphatic rings. The Labute approximate surface area is 189 Å². The van der Waals surface area contributed by atoms with Gasteiger partial charge in [0, 0.05) is 30.1 Å². The molecule has 2 aromatic carbocycles. The molecular formula is C21H23ClN2O5S2. The molecule has 3 aromatic rings. The van der Waals surface area contributed by atoms with Gasteiger partial charge in [0.25, 0.3) is 0 Å². The van der Waals surface area contributed by atoms with Crippen molar-refractivity contribution in [1.29, 1.82) is 0 Å². The number of ether oxygens (including phenoxy) is 2. The Bertz CT molecular complexity index is 1260. The number of hydrogen-bond donors (Lipinski definition) is 0. The summed E-state index contributed by atoms with van der Waals surface area (Å²) < 4.78 is 38.4. The molecule has 31 heavy (non-hydrogen) atoms. The van der Waals surface area contributed by atoms with Gasteiger partial charge in [0.05, 0.1) is 35.1 Å². The summed E-state index contributed by atoms with van der Waals surface area (Å²) in [6, 6.07) is 9.71. The molecule has 1 aromatic heterocycles. The van der Waals surface area contributed by atoms with Crippen LogP contribution in [0.3, 0.4) is 0 Å². The number of carbonyl (C=O) groups excluding carboxylic acids is 1. The number of carbonyl (C=O) groups is 1. The van der Waals surface area contributed by atoms with E-state index in [4.69, 9.17) is 21.1 Å². The monoisotopic (exact) mass is 482 g/mol. The van der Waals surface area contributed by atoms with Crippen molar-refractivity contribution in [3.8, 4) is 11.5 Å². The first-order chi connectivity index (χ1) is 14.8. The van der Waals surface area contributed by atoms with Crippen molar-refractivity contribution in [2.24, 2.45) is 4.99 Å². The summed E-state index contributed by atoms with van der Waals surface area (Å²) in [5.41, 5.74) is 0.891. The predicted octanol–water partition coefficient (Wildman–Crippen LogP) is 4.07. The maximum absolute atomic E-state index is 12.4. The number of thiazole rings is 1. The van der Waals surface area contributed by atoms with E-state index in [-0.39, 0.29) is 29.4 Å². The SMILES string of the molecule is CCn1c(=NC(=O)CCCS(=O)(=O)c2ccc(Cl)cc2)sc2cc(OC)c(OC)cc21. The molecule has 166 valence electrons. The van der Waals surface area contributed by atoms with E-state index in [2.05, 4.69) is 4.99 Å². The molecule has 0 aliphatic heterocycles. The molecule has 0 saturated heterocycles. The number of hydrogen-bond acceptors (Lipinski definition) is 6. The van der Waals surface area contributed by atoms with Crippen molar-refractivity contribution in [3.05, 3.63) is 46.2 Å². The van der Waals surface area contributed by atoms with Gasteiger partial charge in [-0.05, 0) is 37.6 Å². The number of nitrogens with zero attached hydrogens (tertiary/aromatic N) is 2. The fourth-order valence-corrected chi connectivity index (χ4v) is 5.68. The van der Waals surface area contributed by atoms with Crippen molar-refractivity contribution >= 4 is 48.9 Å². The van der Waals surface area contributed by atoms with Crippen molar-refractivity contribution in [2.45, 2.75) is 31.2 Å². The molecule has 0 unspecified atom stereocenters. The lowest BCUT2D eigenvalue weighted by Gasteiger charge is -2.08. The van der Waals surface area contributed by atoms with Crippen LogP contribution in [0.1, 0.15) is 19.8 Å². The zero-order valence-electron chi connectivity index (χ0n) is 17.4. The van der Waals surface area contributed by atoms with Crippen LogP contribution in [0, 0.1) is 0 Å². The third-order valence-corrected chi connectivity index (χ3v) is 7.81. The third-order valence-electron chi connectivity index (χ3n) is 4.70. The molecule has 3 rings (SSSR count). The minimum absolute atomic E-state index is 0.0391. The van der Waals surface area contributed by atoms with E-state index in [1.54, 1.807) is 14.2 Å². The van der Waals surface area contributed by atoms with E-state index < -0.39 is 9.84 Å². The zero-order valence-corrected chi connectivity index (χ0v) is 19.8. The highest BCUT2D eigenvalue weighted by Gasteiger charge is 2.16. The van der Waals surface area contributed by atoms with Crippen LogP contribution in [-0.4, -0.2) is 38.9 Å². The van der Waals surface area contributed by atoms with Crippen LogP contribution in [0.15, 0.2) is 46.3 Å². The second kappa shape index (κ2) is 9.84. The summed E-state index contributed by atoms with van der Waals surface area (Å²) in [6.45, 7) is 2.58. The van der Waals surface area contributed by atoms with E-state index in [0.29, 0.717) is 27.9 Å². The predicted molar refractivity (Wildman–Crippen MR) is 122 cm³/mol. The normalized spacial score (nSPS) is 12.3. The lowest BCUT2D eigenvalue weighted by molar-refractivity contribution is -0.118. The highest BCUT2D eigenvalue weighted by atomic mass is 35.5. The Morgan fingerprint density at radius 2 is 1.77 bits per heavy atom. The van der Waals surface area contributed by atoms with Crippen LogP contribution < -0.4 is 14.3 Å². The first-order valence-corrected chi connectivity index (χ1v) is 12.4. The molecule has 0 fully saturated rings. The van der Waals surface area contributed by atoms with Gasteiger partial charge in [-0.1, -0.05) is 22.9 Å². The van der Waals surface area contributed by atoms with Crippen molar-refractivity contribution in [3.63, 3.8) is 0 Å². The number of aryl methyl sites for hydroxylation is 1. The minimum atomic E-state index is -3.48. The number of rotatable bonds is 8. The molecule has 0 atom stereocenters. The Balaban J connectivity index is 1.78. The van der Waals surface area contributed by atoms with Crippen molar-refractivity contribution < 1.29 is 22.7 Å². The van der Waals surface area contributed by atoms with Crippen molar-refractivity contribution in [1.82, 2.24) is 4.57 Å². The molecule has 0 radical (unpaired) electrons. The first-order valence-electron chi connectivity index (χ1n) is 9.60. The maximum Gasteiger partial charge on any atom is 0.248 e. The minimum Gasteiger partial charge on any atom is -0.493 e. The average molecular weight is 483 g/mol. The molecule has 7 nitrogen and oxygen atoms in total. The lowest BCUT2D eigenvalue weighted by Crippen LogP contribution is -2.16. The highest BCUT2D eigenvalue weighted by Crippen LogP contribution is 2.33. The topological polar surface area (TPSA) is 87.0 Å². The molecular weight excluding hydrogens is 460 g/mol. The summed E-state index contributed by atoms with van der Waals surface area (Å²) >= 11 is 7.18. The average Bonchev–Trinajstić information content (AvgIpc) is 3.08. The Kier molecular flexibility index (Phi) is 7.40. The Morgan fingerprint density at radius 1 is 1.13 bits per heavy atom. The first kappa shape index (κ1) is 23.3. The second-order valence-corrected chi connectivity index (χ2v) is 10.2. The zero-order chi connectivity index (χ0) is 22.6. The lowest BCUT2D eigenvalue weighted by atomic mass is 10.3. The molecule has 10 heteroatoms. The maximum atomic E-state index is 12.4. The van der Waals surface area contributed by atoms with Gasteiger partial charge in [-0.2, -0.15) is 4.99 Å². The van der Waals surface area contributed by atoms with E-state index >= 15 is 0 Å². The van der Waals surface area contributed by atoms with Gasteiger partial charge < -0.3 is 14.0 Å². The standard InChI is InChI=1S/C21H23ClN2O5S2/c1-4-24-16-12-17(28-2)18(29-3)13-19(16)30-21(24)23-20(25)6-5-11-31(26,27)15-9-7-14(22)8-10-15/h7-10,12-13H,4-6,11H2,1-3H3. The molecule has 1 amide bonds. The van der Waals surface area contributed by atoms with Gasteiger partial charge in [0.1, 0.15) is 0 Å². The van der Waals surface area contributed by atoms with Gasteiger partial charge >= 0.3 is 0 Å². The molecule has 0 bridgehead atoms. The molecule has 0 spiro atoms. The number of amides is 1. The molecule has 0 saturated carbocycles. The second-order valence-electron chi connectivity index (χ2n) is 6.69. The largest absolute Gasteiger partial charge is 0.493 e. The number of sulfone groups is 1. The van der Waals surface area contributed by atoms with E-state index in [1.165, 1.54) is 35.6 Å². The highest BCUT2D eigenvalue weighted by molar-refractivity contribution is 7.91. The Morgan fingerprint density at radius 3 is 2.39 bits per heavy atom. The van der Waals surface area contributed by atoms with Gasteiger partial charge in [-0.3, -0.25) is 4.79 Å². The molecule has 0 N–H and O–H groups in total. The number of benzene rings is 2. The number of halogens is 1. The van der Waals surface area contributed by atoms with Gasteiger partial charge in [-0.25, -0.2) is 8.42 Å². The summed E-state index contributed by atoms with van der Waals surface area (Å²) in [5, 5.41) is 0.468. The summed E-state index contributed by atoms with van der Waals surface area (Å²) in [4.78, 5) is 17.4. The quantitative estimate of drug-likeness (QED) is 0.483. The fraction of sp³-hybridized carbons (Fsp3) is 0.333. The van der Waals surface area contributed by atoms with Crippen LogP contribution in [0.4, 0.5) is 0 Å². The van der Waals surface area contributed by atoms with E-state index in [1.807, 2.05) is 23.6 Å². The smallest absolute Gasteiger partial charge is 0.248 e. The third kappa shape index (κ3) is 5.28. The van der Waals surface area contributed by atoms with E-state index in [9.17, 15) is 13.2 Å². The molecule has 1 heterocycles. The van der Waals surface area contributed by atoms with Crippen LogP contribution in [0.5, 0.6) is 11.5 Å². The van der Waals surface area contributed by atoms with Crippen LogP contribution >= 0.6 is 22.9 Å². The Hall–Kier alpha value is -2.36. The van der Waals surface area contributed by atoms with Crippen LogP contribution in [0.2, 0.25) is 5.02 Å². The van der Waals surface area contributed by atoms with Crippen molar-refractivity contribution in [2.75, 3.05) is 20.0 Å². The van der Waals surface area contributed by atoms with Gasteiger partial charge in [0.15, 0.2) is 26.1 Å². The summed E-state index contributed by atoms with van der Waals surface area (Å²) in [5.74, 6) is 0.703. The molecule has 0 aliphatic carbocycles. The number of methoxy groups -OCH3 is 2. The van der Waals surface area contributed by atoms with E-state index in [0.717, 1.165) is 10.2 Å². The number of fused-ring (bicyclic) bond motifs is 1. The fourth-order valence-electron chi connectivity index (χ4n) is 3.12.